The zero-order valence-electron chi connectivity index (χ0n) is 9.76. The lowest BCUT2D eigenvalue weighted by atomic mass is 10.1. The zero-order valence-corrected chi connectivity index (χ0v) is 8.76. The molecule has 2 aromatic carbocycles. The van der Waals surface area contributed by atoms with E-state index in [1.165, 1.54) is 6.08 Å². The maximum atomic E-state index is 11.8. The summed E-state index contributed by atoms with van der Waals surface area (Å²) in [5.41, 5.74) is 1.41. The molecule has 0 atom stereocenters. The highest BCUT2D eigenvalue weighted by Gasteiger charge is 1.98. The molecule has 0 aliphatic carbocycles. The first-order chi connectivity index (χ1) is 8.27. The second-order valence-corrected chi connectivity index (χ2v) is 3.38. The minimum atomic E-state index is -0.0474. The number of carbonyl (C=O) groups is 1. The summed E-state index contributed by atoms with van der Waals surface area (Å²) in [5.74, 6) is -0.0474. The summed E-state index contributed by atoms with van der Waals surface area (Å²) in [5, 5.41) is 0. The molecule has 16 heavy (non-hydrogen) atoms. The molecule has 0 saturated heterocycles. The van der Waals surface area contributed by atoms with Crippen molar-refractivity contribution >= 4 is 11.9 Å². The highest BCUT2D eigenvalue weighted by Crippen LogP contribution is 2.05. The minimum absolute atomic E-state index is 0.0474. The van der Waals surface area contributed by atoms with Crippen LogP contribution in [0.3, 0.4) is 0 Å². The summed E-state index contributed by atoms with van der Waals surface area (Å²) >= 11 is 0. The smallest absolute Gasteiger partial charge is 0.185 e. The van der Waals surface area contributed by atoms with Gasteiger partial charge >= 0.3 is 0 Å². The fourth-order valence-electron chi connectivity index (χ4n) is 1.38. The summed E-state index contributed by atoms with van der Waals surface area (Å²) in [6.07, 6.45) is 3.18. The predicted molar refractivity (Wildman–Crippen MR) is 66.2 cm³/mol. The second kappa shape index (κ2) is 5.08. The van der Waals surface area contributed by atoms with Gasteiger partial charge in [0.1, 0.15) is 0 Å². The van der Waals surface area contributed by atoms with Crippen LogP contribution in [0.25, 0.3) is 6.08 Å². The molecule has 0 spiro atoms. The van der Waals surface area contributed by atoms with E-state index in [9.17, 15) is 4.79 Å². The van der Waals surface area contributed by atoms with Crippen molar-refractivity contribution in [3.8, 4) is 0 Å². The SMILES string of the molecule is [2H]c1ccccc1C=CC(=O)c1ccccc1. The van der Waals surface area contributed by atoms with Gasteiger partial charge in [-0.2, -0.15) is 0 Å². The van der Waals surface area contributed by atoms with Gasteiger partial charge in [0.2, 0.25) is 0 Å². The molecule has 0 radical (unpaired) electrons. The highest BCUT2D eigenvalue weighted by molar-refractivity contribution is 6.06. The molecule has 1 heteroatoms. The van der Waals surface area contributed by atoms with Crippen molar-refractivity contribution in [3.05, 3.63) is 77.8 Å². The van der Waals surface area contributed by atoms with Gasteiger partial charge in [-0.15, -0.1) is 0 Å². The normalized spacial score (nSPS) is 11.4. The van der Waals surface area contributed by atoms with Gasteiger partial charge in [0.25, 0.3) is 0 Å². The Balaban J connectivity index is 2.17. The average Bonchev–Trinajstić information content (AvgIpc) is 2.38. The van der Waals surface area contributed by atoms with Crippen LogP contribution in [0.5, 0.6) is 0 Å². The summed E-state index contributed by atoms with van der Waals surface area (Å²) < 4.78 is 7.66. The maximum absolute atomic E-state index is 11.8. The lowest BCUT2D eigenvalue weighted by molar-refractivity contribution is 0.104. The predicted octanol–water partition coefficient (Wildman–Crippen LogP) is 3.58. The first-order valence-electron chi connectivity index (χ1n) is 5.60. The number of hydrogen-bond donors (Lipinski definition) is 0. The van der Waals surface area contributed by atoms with Gasteiger partial charge in [0.05, 0.1) is 1.37 Å². The fraction of sp³-hybridized carbons (Fsp3) is 0. The standard InChI is InChI=1S/C15H12O/c16-15(14-9-5-2-6-10-14)12-11-13-7-3-1-4-8-13/h1-12H/i7D. The quantitative estimate of drug-likeness (QED) is 0.557. The van der Waals surface area contributed by atoms with Crippen molar-refractivity contribution in [2.45, 2.75) is 0 Å². The number of allylic oxidation sites excluding steroid dienone is 1. The van der Waals surface area contributed by atoms with E-state index in [4.69, 9.17) is 1.37 Å². The number of ketones is 1. The first-order valence-corrected chi connectivity index (χ1v) is 5.10. The van der Waals surface area contributed by atoms with Crippen molar-refractivity contribution < 1.29 is 6.17 Å². The van der Waals surface area contributed by atoms with Gasteiger partial charge in [-0.1, -0.05) is 66.7 Å². The van der Waals surface area contributed by atoms with E-state index in [2.05, 4.69) is 0 Å². The topological polar surface area (TPSA) is 17.1 Å². The molecule has 0 fully saturated rings. The molecule has 0 aliphatic heterocycles. The fourth-order valence-corrected chi connectivity index (χ4v) is 1.38. The number of benzene rings is 2. The molecule has 0 heterocycles. The molecule has 2 rings (SSSR count). The van der Waals surface area contributed by atoms with Crippen LogP contribution in [-0.4, -0.2) is 5.78 Å². The van der Waals surface area contributed by atoms with Crippen LogP contribution >= 0.6 is 0 Å². The molecule has 0 saturated carbocycles. The molecular weight excluding hydrogens is 196 g/mol. The van der Waals surface area contributed by atoms with Gasteiger partial charge in [0, 0.05) is 5.56 Å². The van der Waals surface area contributed by atoms with Crippen molar-refractivity contribution in [1.82, 2.24) is 0 Å². The van der Waals surface area contributed by atoms with Crippen molar-refractivity contribution in [2.75, 3.05) is 0 Å². The Morgan fingerprint density at radius 2 is 1.69 bits per heavy atom. The Kier molecular flexibility index (Phi) is 2.89. The van der Waals surface area contributed by atoms with E-state index >= 15 is 0 Å². The average molecular weight is 209 g/mol. The van der Waals surface area contributed by atoms with Crippen LogP contribution in [0.1, 0.15) is 17.3 Å². The third kappa shape index (κ3) is 2.67. The third-order valence-electron chi connectivity index (χ3n) is 2.21. The Morgan fingerprint density at radius 1 is 1.00 bits per heavy atom. The van der Waals surface area contributed by atoms with Crippen molar-refractivity contribution in [3.63, 3.8) is 0 Å². The first kappa shape index (κ1) is 9.10. The van der Waals surface area contributed by atoms with E-state index in [-0.39, 0.29) is 5.78 Å². The zero-order chi connectivity index (χ0) is 12.1. The second-order valence-electron chi connectivity index (χ2n) is 3.38. The molecule has 78 valence electrons. The lowest BCUT2D eigenvalue weighted by Crippen LogP contribution is -1.92. The van der Waals surface area contributed by atoms with Crippen molar-refractivity contribution in [1.29, 1.82) is 0 Å². The van der Waals surface area contributed by atoms with E-state index < -0.39 is 0 Å². The van der Waals surface area contributed by atoms with Gasteiger partial charge in [-0.05, 0) is 11.6 Å². The Bertz CT molecular complexity index is 544. The van der Waals surface area contributed by atoms with Gasteiger partial charge in [0.15, 0.2) is 5.78 Å². The van der Waals surface area contributed by atoms with Crippen LogP contribution in [-0.2, 0) is 0 Å². The summed E-state index contributed by atoms with van der Waals surface area (Å²) in [6.45, 7) is 0. The Morgan fingerprint density at radius 3 is 2.44 bits per heavy atom. The number of rotatable bonds is 3. The van der Waals surface area contributed by atoms with E-state index in [0.717, 1.165) is 5.56 Å². The molecule has 0 N–H and O–H groups in total. The van der Waals surface area contributed by atoms with Gasteiger partial charge in [-0.25, -0.2) is 0 Å². The molecule has 0 amide bonds. The summed E-state index contributed by atoms with van der Waals surface area (Å²) in [6, 6.07) is 16.7. The van der Waals surface area contributed by atoms with E-state index in [1.807, 2.05) is 30.3 Å². The molecule has 2 aromatic rings. The summed E-state index contributed by atoms with van der Waals surface area (Å²) in [4.78, 5) is 11.8. The van der Waals surface area contributed by atoms with Gasteiger partial charge in [-0.3, -0.25) is 4.79 Å². The largest absolute Gasteiger partial charge is 0.289 e. The summed E-state index contributed by atoms with van der Waals surface area (Å²) in [7, 11) is 0. The highest BCUT2D eigenvalue weighted by atomic mass is 16.1. The van der Waals surface area contributed by atoms with Gasteiger partial charge < -0.3 is 0 Å². The van der Waals surface area contributed by atoms with Crippen LogP contribution in [0.15, 0.2) is 66.7 Å². The molecule has 0 bridgehead atoms. The van der Waals surface area contributed by atoms with Crippen LogP contribution in [0, 0.1) is 0 Å². The molecule has 0 unspecified atom stereocenters. The van der Waals surface area contributed by atoms with Crippen molar-refractivity contribution in [2.24, 2.45) is 0 Å². The lowest BCUT2D eigenvalue weighted by Gasteiger charge is -1.94. The number of hydrogen-bond acceptors (Lipinski definition) is 1. The Hall–Kier alpha value is -2.15. The molecule has 0 aliphatic rings. The Labute approximate surface area is 96.5 Å². The minimum Gasteiger partial charge on any atom is -0.289 e. The molecular formula is C15H12O. The monoisotopic (exact) mass is 209 g/mol. The van der Waals surface area contributed by atoms with Crippen LogP contribution < -0.4 is 0 Å². The number of carbonyl (C=O) groups excluding carboxylic acids is 1. The van der Waals surface area contributed by atoms with E-state index in [0.29, 0.717) is 11.6 Å². The van der Waals surface area contributed by atoms with E-state index in [1.54, 1.807) is 30.3 Å². The van der Waals surface area contributed by atoms with Crippen LogP contribution in [0.4, 0.5) is 0 Å². The van der Waals surface area contributed by atoms with Crippen LogP contribution in [0.2, 0.25) is 0 Å². The molecule has 0 aromatic heterocycles. The maximum Gasteiger partial charge on any atom is 0.185 e. The third-order valence-corrected chi connectivity index (χ3v) is 2.21. The molecule has 1 nitrogen and oxygen atoms in total.